The molecule has 1 saturated heterocycles. The van der Waals surface area contributed by atoms with Gasteiger partial charge >= 0.3 is 6.03 Å². The number of likely N-dealkylation sites (tertiary alicyclic amines) is 1. The zero-order chi connectivity index (χ0) is 22.4. The Morgan fingerprint density at radius 3 is 2.45 bits per heavy atom. The zero-order valence-electron chi connectivity index (χ0n) is 18.5. The second kappa shape index (κ2) is 10.6. The van der Waals surface area contributed by atoms with Crippen LogP contribution in [0.2, 0.25) is 0 Å². The number of nitrogens with two attached hydrogens (primary N) is 1. The van der Waals surface area contributed by atoms with E-state index in [1.165, 1.54) is 0 Å². The average Bonchev–Trinajstić information content (AvgIpc) is 2.92. The van der Waals surface area contributed by atoms with Crippen LogP contribution >= 0.6 is 0 Å². The van der Waals surface area contributed by atoms with E-state index in [2.05, 4.69) is 5.32 Å². The molecule has 1 aromatic carbocycles. The van der Waals surface area contributed by atoms with Crippen molar-refractivity contribution < 1.29 is 14.4 Å². The molecule has 0 bridgehead atoms. The topological polar surface area (TPSA) is 97.4 Å². The maximum absolute atomic E-state index is 13.6. The van der Waals surface area contributed by atoms with Crippen LogP contribution in [0.15, 0.2) is 30.5 Å². The molecule has 168 valence electrons. The summed E-state index contributed by atoms with van der Waals surface area (Å²) in [4.78, 5) is 39.4. The van der Waals surface area contributed by atoms with Gasteiger partial charge in [-0.15, -0.1) is 0 Å². The van der Waals surface area contributed by atoms with Gasteiger partial charge in [-0.05, 0) is 43.2 Å². The largest absolute Gasteiger partial charge is 0.326 e. The fourth-order valence-corrected chi connectivity index (χ4v) is 4.27. The van der Waals surface area contributed by atoms with E-state index in [0.29, 0.717) is 12.8 Å². The first-order valence-corrected chi connectivity index (χ1v) is 11.3. The van der Waals surface area contributed by atoms with Gasteiger partial charge in [-0.2, -0.15) is 0 Å². The summed E-state index contributed by atoms with van der Waals surface area (Å²) < 4.78 is 1.61. The van der Waals surface area contributed by atoms with Crippen molar-refractivity contribution in [3.63, 3.8) is 0 Å². The van der Waals surface area contributed by atoms with E-state index >= 15 is 0 Å². The van der Waals surface area contributed by atoms with Crippen LogP contribution in [0.5, 0.6) is 0 Å². The van der Waals surface area contributed by atoms with E-state index in [1.54, 1.807) is 10.8 Å². The smallest absolute Gasteiger partial charge is 0.318 e. The van der Waals surface area contributed by atoms with Gasteiger partial charge in [0.1, 0.15) is 12.3 Å². The third-order valence-electron chi connectivity index (χ3n) is 5.86. The molecule has 7 nitrogen and oxygen atoms in total. The molecule has 0 saturated carbocycles. The second-order valence-electron chi connectivity index (χ2n) is 8.92. The third kappa shape index (κ3) is 5.73. The Morgan fingerprint density at radius 1 is 1.13 bits per heavy atom. The number of amides is 2. The first kappa shape index (κ1) is 23.0. The van der Waals surface area contributed by atoms with Crippen LogP contribution in [-0.4, -0.2) is 52.9 Å². The molecule has 2 amide bonds. The maximum Gasteiger partial charge on any atom is 0.318 e. The number of para-hydroxylation sites is 1. The van der Waals surface area contributed by atoms with Crippen LogP contribution in [0.1, 0.15) is 56.3 Å². The number of urea groups is 1. The van der Waals surface area contributed by atoms with Crippen molar-refractivity contribution in [1.29, 1.82) is 0 Å². The highest BCUT2D eigenvalue weighted by atomic mass is 16.2. The minimum Gasteiger partial charge on any atom is -0.326 e. The van der Waals surface area contributed by atoms with Crippen molar-refractivity contribution >= 4 is 29.1 Å². The number of rotatable bonds is 7. The highest BCUT2D eigenvalue weighted by Gasteiger charge is 2.27. The highest BCUT2D eigenvalue weighted by molar-refractivity contribution is 5.98. The lowest BCUT2D eigenvalue weighted by Crippen LogP contribution is -2.49. The van der Waals surface area contributed by atoms with Crippen molar-refractivity contribution in [3.8, 4) is 0 Å². The first-order valence-electron chi connectivity index (χ1n) is 11.3. The Kier molecular flexibility index (Phi) is 7.85. The molecule has 3 rings (SSSR count). The predicted molar refractivity (Wildman–Crippen MR) is 122 cm³/mol. The molecule has 1 fully saturated rings. The lowest BCUT2D eigenvalue weighted by molar-refractivity contribution is -0.108. The van der Waals surface area contributed by atoms with Crippen molar-refractivity contribution in [3.05, 3.63) is 36.0 Å². The van der Waals surface area contributed by atoms with Crippen LogP contribution in [0.25, 0.3) is 10.9 Å². The summed E-state index contributed by atoms with van der Waals surface area (Å²) in [6.07, 6.45) is 7.67. The molecule has 1 aromatic heterocycles. The SMILES string of the molecule is CC(C)C[C@H](NC(=O)N1CCCCCC1)C(=O)n1cc(C[C@@H](N)C=O)c2ccccc21. The lowest BCUT2D eigenvalue weighted by atomic mass is 10.0. The van der Waals surface area contributed by atoms with Crippen LogP contribution in [-0.2, 0) is 11.2 Å². The van der Waals surface area contributed by atoms with Crippen molar-refractivity contribution in [2.24, 2.45) is 11.7 Å². The number of aromatic nitrogens is 1. The molecular weight excluding hydrogens is 392 g/mol. The summed E-state index contributed by atoms with van der Waals surface area (Å²) in [5, 5.41) is 3.90. The fourth-order valence-electron chi connectivity index (χ4n) is 4.27. The molecule has 2 aromatic rings. The number of aldehydes is 1. The summed E-state index contributed by atoms with van der Waals surface area (Å²) in [5.41, 5.74) is 7.46. The summed E-state index contributed by atoms with van der Waals surface area (Å²) in [6.45, 7) is 5.55. The van der Waals surface area contributed by atoms with E-state index in [0.717, 1.165) is 61.5 Å². The molecule has 31 heavy (non-hydrogen) atoms. The third-order valence-corrected chi connectivity index (χ3v) is 5.86. The molecule has 1 aliphatic rings. The quantitative estimate of drug-likeness (QED) is 0.664. The van der Waals surface area contributed by atoms with Gasteiger partial charge in [-0.25, -0.2) is 4.79 Å². The Hall–Kier alpha value is -2.67. The molecule has 0 spiro atoms. The number of benzene rings is 1. The zero-order valence-corrected chi connectivity index (χ0v) is 18.5. The second-order valence-corrected chi connectivity index (χ2v) is 8.92. The summed E-state index contributed by atoms with van der Waals surface area (Å²) >= 11 is 0. The molecule has 7 heteroatoms. The van der Waals surface area contributed by atoms with Crippen molar-refractivity contribution in [2.75, 3.05) is 13.1 Å². The molecule has 2 heterocycles. The van der Waals surface area contributed by atoms with Gasteiger partial charge < -0.3 is 20.7 Å². The van der Waals surface area contributed by atoms with Crippen LogP contribution in [0.3, 0.4) is 0 Å². The summed E-state index contributed by atoms with van der Waals surface area (Å²) in [5.74, 6) is 0.0714. The van der Waals surface area contributed by atoms with Gasteiger partial charge in [-0.1, -0.05) is 44.9 Å². The molecule has 0 radical (unpaired) electrons. The van der Waals surface area contributed by atoms with E-state index < -0.39 is 12.1 Å². The molecule has 0 unspecified atom stereocenters. The summed E-state index contributed by atoms with van der Waals surface area (Å²) in [6, 6.07) is 6.18. The van der Waals surface area contributed by atoms with Gasteiger partial charge in [0, 0.05) is 24.7 Å². The minimum atomic E-state index is -0.626. The molecule has 3 N–H and O–H groups in total. The lowest BCUT2D eigenvalue weighted by Gasteiger charge is -2.26. The molecule has 1 aliphatic heterocycles. The predicted octanol–water partition coefficient (Wildman–Crippen LogP) is 3.35. The summed E-state index contributed by atoms with van der Waals surface area (Å²) in [7, 11) is 0. The minimum absolute atomic E-state index is 0.166. The first-order chi connectivity index (χ1) is 14.9. The van der Waals surface area contributed by atoms with Gasteiger partial charge in [0.05, 0.1) is 11.6 Å². The Bertz CT molecular complexity index is 913. The maximum atomic E-state index is 13.6. The normalized spacial score (nSPS) is 16.7. The highest BCUT2D eigenvalue weighted by Crippen LogP contribution is 2.23. The number of carbonyl (C=O) groups excluding carboxylic acids is 3. The Balaban J connectivity index is 1.88. The van der Waals surface area contributed by atoms with E-state index in [1.807, 2.05) is 43.0 Å². The number of nitrogens with zero attached hydrogens (tertiary/aromatic N) is 2. The monoisotopic (exact) mass is 426 g/mol. The van der Waals surface area contributed by atoms with E-state index in [9.17, 15) is 14.4 Å². The number of hydrogen-bond acceptors (Lipinski definition) is 4. The van der Waals surface area contributed by atoms with Gasteiger partial charge in [0.2, 0.25) is 0 Å². The van der Waals surface area contributed by atoms with Crippen LogP contribution in [0, 0.1) is 5.92 Å². The molecule has 2 atom stereocenters. The molecular formula is C24H34N4O3. The number of nitrogens with one attached hydrogen (secondary N) is 1. The van der Waals surface area contributed by atoms with Crippen LogP contribution < -0.4 is 11.1 Å². The van der Waals surface area contributed by atoms with Gasteiger partial charge in [0.25, 0.3) is 5.91 Å². The van der Waals surface area contributed by atoms with E-state index in [4.69, 9.17) is 5.73 Å². The molecule has 0 aliphatic carbocycles. The van der Waals surface area contributed by atoms with Crippen LogP contribution in [0.4, 0.5) is 4.79 Å². The number of hydrogen-bond donors (Lipinski definition) is 2. The number of carbonyl (C=O) groups is 3. The van der Waals surface area contributed by atoms with Gasteiger partial charge in [-0.3, -0.25) is 9.36 Å². The Labute approximate surface area is 183 Å². The van der Waals surface area contributed by atoms with E-state index in [-0.39, 0.29) is 17.9 Å². The average molecular weight is 427 g/mol. The van der Waals surface area contributed by atoms with Gasteiger partial charge in [0.15, 0.2) is 0 Å². The fraction of sp³-hybridized carbons (Fsp3) is 0.542. The van der Waals surface area contributed by atoms with Crippen molar-refractivity contribution in [1.82, 2.24) is 14.8 Å². The van der Waals surface area contributed by atoms with Crippen molar-refractivity contribution in [2.45, 2.75) is 64.5 Å². The number of fused-ring (bicyclic) bond motifs is 1. The standard InChI is InChI=1S/C24H34N4O3/c1-17(2)13-21(26-24(31)27-11-7-3-4-8-12-27)23(30)28-15-18(14-19(25)16-29)20-9-5-6-10-22(20)28/h5-6,9-10,15-17,19,21H,3-4,7-8,11-14,25H2,1-2H3,(H,26,31)/t19-,21+/m1/s1. The Morgan fingerprint density at radius 2 is 1.81 bits per heavy atom.